The summed E-state index contributed by atoms with van der Waals surface area (Å²) in [5.41, 5.74) is 2.15. The van der Waals surface area contributed by atoms with Gasteiger partial charge in [-0.25, -0.2) is 5.01 Å². The minimum absolute atomic E-state index is 0.225. The first-order valence-corrected chi connectivity index (χ1v) is 8.88. The Bertz CT molecular complexity index is 944. The number of carbonyl (C=O) groups excluding carboxylic acids is 1. The van der Waals surface area contributed by atoms with E-state index in [-0.39, 0.29) is 5.91 Å². The van der Waals surface area contributed by atoms with Gasteiger partial charge >= 0.3 is 0 Å². The molecule has 5 nitrogen and oxygen atoms in total. The van der Waals surface area contributed by atoms with Gasteiger partial charge in [0.25, 0.3) is 5.91 Å². The molecule has 6 heteroatoms. The summed E-state index contributed by atoms with van der Waals surface area (Å²) in [4.78, 5) is 13.1. The van der Waals surface area contributed by atoms with Gasteiger partial charge in [-0.2, -0.15) is 15.6 Å². The number of benzene rings is 2. The minimum Gasteiger partial charge on any atom is -0.272 e. The Labute approximate surface area is 163 Å². The van der Waals surface area contributed by atoms with Gasteiger partial charge in [0.15, 0.2) is 0 Å². The van der Waals surface area contributed by atoms with E-state index in [0.717, 1.165) is 5.56 Å². The highest BCUT2D eigenvalue weighted by Gasteiger charge is 2.44. The second kappa shape index (κ2) is 8.03. The first-order chi connectivity index (χ1) is 13.1. The largest absolute Gasteiger partial charge is 0.272 e. The van der Waals surface area contributed by atoms with Crippen LogP contribution in [0.3, 0.4) is 0 Å². The van der Waals surface area contributed by atoms with E-state index in [2.05, 4.69) is 5.10 Å². The molecule has 27 heavy (non-hydrogen) atoms. The molecule has 2 aromatic rings. The number of hydrazone groups is 1. The van der Waals surface area contributed by atoms with E-state index in [0.29, 0.717) is 22.8 Å². The summed E-state index contributed by atoms with van der Waals surface area (Å²) < 4.78 is 0. The van der Waals surface area contributed by atoms with E-state index in [9.17, 15) is 15.3 Å². The predicted molar refractivity (Wildman–Crippen MR) is 103 cm³/mol. The van der Waals surface area contributed by atoms with Crippen molar-refractivity contribution in [1.82, 2.24) is 5.01 Å². The second-order valence-corrected chi connectivity index (χ2v) is 6.79. The average Bonchev–Trinajstić information content (AvgIpc) is 2.95. The number of nitrogens with zero attached hydrogens (tertiary/aromatic N) is 4. The zero-order chi connectivity index (χ0) is 19.4. The van der Waals surface area contributed by atoms with Crippen LogP contribution in [0.15, 0.2) is 59.7 Å². The SMILES string of the molecule is CC1=NN(Cc2ccccc2)C(=O)[C@@H]1[C@@H](c1ccccc1Cl)C(C#N)C#N. The molecule has 0 N–H and O–H groups in total. The summed E-state index contributed by atoms with van der Waals surface area (Å²) in [6, 6.07) is 20.6. The van der Waals surface area contributed by atoms with Crippen molar-refractivity contribution in [1.29, 1.82) is 10.5 Å². The minimum atomic E-state index is -1.01. The summed E-state index contributed by atoms with van der Waals surface area (Å²) in [6.45, 7) is 2.09. The van der Waals surface area contributed by atoms with Gasteiger partial charge in [0.2, 0.25) is 0 Å². The highest BCUT2D eigenvalue weighted by Crippen LogP contribution is 2.40. The van der Waals surface area contributed by atoms with Crippen LogP contribution < -0.4 is 0 Å². The van der Waals surface area contributed by atoms with Crippen LogP contribution in [0.1, 0.15) is 24.0 Å². The zero-order valence-corrected chi connectivity index (χ0v) is 15.5. The molecule has 2 aromatic carbocycles. The lowest BCUT2D eigenvalue weighted by atomic mass is 9.75. The molecule has 2 atom stereocenters. The first kappa shape index (κ1) is 18.6. The molecule has 0 saturated carbocycles. The smallest absolute Gasteiger partial charge is 0.252 e. The number of halogens is 1. The maximum atomic E-state index is 13.1. The van der Waals surface area contributed by atoms with Gasteiger partial charge in [-0.1, -0.05) is 60.1 Å². The third-order valence-electron chi connectivity index (χ3n) is 4.68. The van der Waals surface area contributed by atoms with Crippen LogP contribution in [-0.4, -0.2) is 16.6 Å². The summed E-state index contributed by atoms with van der Waals surface area (Å²) in [7, 11) is 0. The molecule has 0 fully saturated rings. The van der Waals surface area contributed by atoms with Gasteiger partial charge in [0.05, 0.1) is 24.6 Å². The Hall–Kier alpha value is -3.15. The van der Waals surface area contributed by atoms with Crippen LogP contribution in [0.4, 0.5) is 0 Å². The fraction of sp³-hybridized carbons (Fsp3) is 0.238. The molecule has 3 rings (SSSR count). The Morgan fingerprint density at radius 1 is 1.11 bits per heavy atom. The topological polar surface area (TPSA) is 80.2 Å². The van der Waals surface area contributed by atoms with E-state index in [4.69, 9.17) is 11.6 Å². The van der Waals surface area contributed by atoms with Crippen LogP contribution in [0, 0.1) is 34.5 Å². The predicted octanol–water partition coefficient (Wildman–Crippen LogP) is 4.12. The molecule has 1 aliphatic heterocycles. The zero-order valence-electron chi connectivity index (χ0n) is 14.7. The third kappa shape index (κ3) is 3.69. The van der Waals surface area contributed by atoms with E-state index in [1.165, 1.54) is 5.01 Å². The van der Waals surface area contributed by atoms with Gasteiger partial charge in [-0.3, -0.25) is 4.79 Å². The lowest BCUT2D eigenvalue weighted by molar-refractivity contribution is -0.133. The molecule has 134 valence electrons. The summed E-state index contributed by atoms with van der Waals surface area (Å²) in [5.74, 6) is -2.61. The average molecular weight is 377 g/mol. The van der Waals surface area contributed by atoms with Gasteiger partial charge in [-0.15, -0.1) is 0 Å². The molecule has 1 aliphatic rings. The third-order valence-corrected chi connectivity index (χ3v) is 5.03. The van der Waals surface area contributed by atoms with Gasteiger partial charge in [0, 0.05) is 16.7 Å². The quantitative estimate of drug-likeness (QED) is 0.787. The lowest BCUT2D eigenvalue weighted by Gasteiger charge is -2.25. The second-order valence-electron chi connectivity index (χ2n) is 6.38. The van der Waals surface area contributed by atoms with Crippen molar-refractivity contribution in [2.75, 3.05) is 0 Å². The van der Waals surface area contributed by atoms with Crippen LogP contribution in [0.2, 0.25) is 5.02 Å². The maximum Gasteiger partial charge on any atom is 0.252 e. The Kier molecular flexibility index (Phi) is 5.54. The van der Waals surface area contributed by atoms with Crippen LogP contribution >= 0.6 is 11.6 Å². The normalized spacial score (nSPS) is 17.4. The molecule has 0 radical (unpaired) electrons. The Balaban J connectivity index is 1.97. The van der Waals surface area contributed by atoms with Crippen LogP contribution in [0.25, 0.3) is 0 Å². The van der Waals surface area contributed by atoms with Crippen molar-refractivity contribution >= 4 is 23.2 Å². The Morgan fingerprint density at radius 3 is 2.37 bits per heavy atom. The standard InChI is InChI=1S/C21H17ClN4O/c1-14-19(21(27)26(25-14)13-15-7-3-2-4-8-15)20(16(11-23)12-24)17-9-5-6-10-18(17)22/h2-10,16,19-20H,13H2,1H3/t19-,20+/m0/s1. The molecule has 0 aromatic heterocycles. The van der Waals surface area contributed by atoms with Crippen molar-refractivity contribution < 1.29 is 4.79 Å². The van der Waals surface area contributed by atoms with Crippen molar-refractivity contribution in [2.24, 2.45) is 16.9 Å². The molecule has 0 bridgehead atoms. The van der Waals surface area contributed by atoms with Crippen molar-refractivity contribution in [3.05, 3.63) is 70.7 Å². The monoisotopic (exact) mass is 376 g/mol. The van der Waals surface area contributed by atoms with Crippen molar-refractivity contribution in [3.63, 3.8) is 0 Å². The Morgan fingerprint density at radius 2 is 1.74 bits per heavy atom. The number of hydrogen-bond acceptors (Lipinski definition) is 4. The summed E-state index contributed by atoms with van der Waals surface area (Å²) in [5, 5.41) is 25.3. The van der Waals surface area contributed by atoms with Gasteiger partial charge in [0.1, 0.15) is 5.92 Å². The van der Waals surface area contributed by atoms with E-state index in [1.807, 2.05) is 42.5 Å². The van der Waals surface area contributed by atoms with E-state index >= 15 is 0 Å². The highest BCUT2D eigenvalue weighted by molar-refractivity contribution is 6.31. The van der Waals surface area contributed by atoms with Crippen LogP contribution in [0.5, 0.6) is 0 Å². The summed E-state index contributed by atoms with van der Waals surface area (Å²) >= 11 is 6.33. The highest BCUT2D eigenvalue weighted by atomic mass is 35.5. The number of hydrogen-bond donors (Lipinski definition) is 0. The summed E-state index contributed by atoms with van der Waals surface area (Å²) in [6.07, 6.45) is 0. The van der Waals surface area contributed by atoms with Gasteiger partial charge < -0.3 is 0 Å². The van der Waals surface area contributed by atoms with Crippen LogP contribution in [-0.2, 0) is 11.3 Å². The van der Waals surface area contributed by atoms with E-state index < -0.39 is 17.8 Å². The van der Waals surface area contributed by atoms with E-state index in [1.54, 1.807) is 31.2 Å². The fourth-order valence-electron chi connectivity index (χ4n) is 3.41. The maximum absolute atomic E-state index is 13.1. The number of carbonyl (C=O) groups is 1. The molecule has 1 heterocycles. The number of amides is 1. The number of nitriles is 2. The first-order valence-electron chi connectivity index (χ1n) is 8.51. The van der Waals surface area contributed by atoms with Crippen molar-refractivity contribution in [3.8, 4) is 12.1 Å². The van der Waals surface area contributed by atoms with Gasteiger partial charge in [-0.05, 0) is 24.1 Å². The van der Waals surface area contributed by atoms with Crippen molar-refractivity contribution in [2.45, 2.75) is 19.4 Å². The lowest BCUT2D eigenvalue weighted by Crippen LogP contribution is -2.34. The molecule has 1 amide bonds. The fourth-order valence-corrected chi connectivity index (χ4v) is 3.67. The molecular weight excluding hydrogens is 360 g/mol. The molecule has 0 unspecified atom stereocenters. The number of rotatable bonds is 5. The molecule has 0 saturated heterocycles. The molecule has 0 aliphatic carbocycles. The molecule has 0 spiro atoms. The molecular formula is C21H17ClN4O.